The van der Waals surface area contributed by atoms with Gasteiger partial charge >= 0.3 is 5.97 Å². The Kier molecular flexibility index (Phi) is 4.96. The van der Waals surface area contributed by atoms with Crippen LogP contribution in [-0.2, 0) is 0 Å². The number of para-hydroxylation sites is 1. The van der Waals surface area contributed by atoms with Crippen LogP contribution in [0.1, 0.15) is 16.8 Å². The minimum atomic E-state index is -0.975. The maximum Gasteiger partial charge on any atom is 0.336 e. The molecule has 0 unspecified atom stereocenters. The highest BCUT2D eigenvalue weighted by molar-refractivity contribution is 9.10. The molecule has 2 aromatic carbocycles. The molecule has 21 heavy (non-hydrogen) atoms. The summed E-state index contributed by atoms with van der Waals surface area (Å²) in [5.74, 6) is -0.975. The van der Waals surface area contributed by atoms with Crippen molar-refractivity contribution in [3.8, 4) is 6.07 Å². The monoisotopic (exact) mass is 344 g/mol. The van der Waals surface area contributed by atoms with Gasteiger partial charge in [-0.15, -0.1) is 0 Å². The smallest absolute Gasteiger partial charge is 0.336 e. The van der Waals surface area contributed by atoms with E-state index in [-0.39, 0.29) is 5.56 Å². The molecular formula is C16H13BrN2O2. The first-order valence-electron chi connectivity index (χ1n) is 6.36. The summed E-state index contributed by atoms with van der Waals surface area (Å²) in [6.07, 6.45) is 0.382. The zero-order valence-electron chi connectivity index (χ0n) is 11.2. The standard InChI is InChI=1S/C16H13BrN2O2/c17-15-11-13(7-8-14(15)16(20)21)19(10-4-9-18)12-5-2-1-3-6-12/h1-3,5-8,11H,4,10H2,(H,20,21). The van der Waals surface area contributed by atoms with E-state index in [1.807, 2.05) is 35.2 Å². The second kappa shape index (κ2) is 6.91. The summed E-state index contributed by atoms with van der Waals surface area (Å²) in [6, 6.07) is 16.9. The lowest BCUT2D eigenvalue weighted by Crippen LogP contribution is -2.18. The van der Waals surface area contributed by atoms with Crippen molar-refractivity contribution >= 4 is 33.3 Å². The van der Waals surface area contributed by atoms with Gasteiger partial charge in [-0.05, 0) is 46.3 Å². The van der Waals surface area contributed by atoms with Crippen molar-refractivity contribution in [3.05, 3.63) is 58.6 Å². The molecule has 0 spiro atoms. The molecule has 2 rings (SSSR count). The van der Waals surface area contributed by atoms with E-state index in [2.05, 4.69) is 22.0 Å². The number of carbonyl (C=O) groups is 1. The van der Waals surface area contributed by atoms with Gasteiger partial charge in [-0.2, -0.15) is 5.26 Å². The fraction of sp³-hybridized carbons (Fsp3) is 0.125. The Hall–Kier alpha value is -2.32. The first kappa shape index (κ1) is 15.1. The molecule has 0 saturated heterocycles. The van der Waals surface area contributed by atoms with Crippen LogP contribution in [0.5, 0.6) is 0 Å². The Morgan fingerprint density at radius 2 is 1.90 bits per heavy atom. The van der Waals surface area contributed by atoms with Crippen LogP contribution < -0.4 is 4.90 Å². The minimum Gasteiger partial charge on any atom is -0.478 e. The molecule has 106 valence electrons. The lowest BCUT2D eigenvalue weighted by atomic mass is 10.1. The normalized spacial score (nSPS) is 9.90. The predicted molar refractivity (Wildman–Crippen MR) is 84.8 cm³/mol. The van der Waals surface area contributed by atoms with E-state index in [4.69, 9.17) is 10.4 Å². The molecule has 0 radical (unpaired) electrons. The fourth-order valence-electron chi connectivity index (χ4n) is 2.02. The number of aromatic carboxylic acids is 1. The lowest BCUT2D eigenvalue weighted by Gasteiger charge is -2.24. The second-order valence-electron chi connectivity index (χ2n) is 4.36. The average Bonchev–Trinajstić information content (AvgIpc) is 2.48. The number of hydrogen-bond donors (Lipinski definition) is 1. The number of hydrogen-bond acceptors (Lipinski definition) is 3. The van der Waals surface area contributed by atoms with E-state index in [0.29, 0.717) is 17.4 Å². The Balaban J connectivity index is 2.40. The Morgan fingerprint density at radius 1 is 1.19 bits per heavy atom. The molecule has 0 aliphatic carbocycles. The van der Waals surface area contributed by atoms with E-state index in [1.165, 1.54) is 0 Å². The van der Waals surface area contributed by atoms with Gasteiger partial charge < -0.3 is 10.0 Å². The third-order valence-electron chi connectivity index (χ3n) is 3.01. The van der Waals surface area contributed by atoms with Gasteiger partial charge in [0.25, 0.3) is 0 Å². The highest BCUT2D eigenvalue weighted by Gasteiger charge is 2.13. The summed E-state index contributed by atoms with van der Waals surface area (Å²) in [4.78, 5) is 13.0. The molecule has 0 aromatic heterocycles. The van der Waals surface area contributed by atoms with E-state index in [9.17, 15) is 4.79 Å². The summed E-state index contributed by atoms with van der Waals surface area (Å²) in [7, 11) is 0. The molecule has 0 saturated carbocycles. The van der Waals surface area contributed by atoms with Gasteiger partial charge in [-0.1, -0.05) is 18.2 Å². The molecule has 0 amide bonds. The summed E-state index contributed by atoms with van der Waals surface area (Å²) < 4.78 is 0.519. The van der Waals surface area contributed by atoms with Crippen LogP contribution in [-0.4, -0.2) is 17.6 Å². The molecule has 1 N–H and O–H groups in total. The van der Waals surface area contributed by atoms with Crippen molar-refractivity contribution in [3.63, 3.8) is 0 Å². The highest BCUT2D eigenvalue weighted by atomic mass is 79.9. The highest BCUT2D eigenvalue weighted by Crippen LogP contribution is 2.29. The number of nitriles is 1. The maximum atomic E-state index is 11.1. The lowest BCUT2D eigenvalue weighted by molar-refractivity contribution is 0.0696. The average molecular weight is 345 g/mol. The van der Waals surface area contributed by atoms with Gasteiger partial charge in [0.2, 0.25) is 0 Å². The van der Waals surface area contributed by atoms with E-state index >= 15 is 0 Å². The van der Waals surface area contributed by atoms with Crippen LogP contribution in [0, 0.1) is 11.3 Å². The molecular weight excluding hydrogens is 332 g/mol. The van der Waals surface area contributed by atoms with Crippen LogP contribution in [0.4, 0.5) is 11.4 Å². The third kappa shape index (κ3) is 3.61. The third-order valence-corrected chi connectivity index (χ3v) is 3.67. The van der Waals surface area contributed by atoms with Gasteiger partial charge in [0.15, 0.2) is 0 Å². The van der Waals surface area contributed by atoms with Gasteiger partial charge in [0.1, 0.15) is 0 Å². The molecule has 0 fully saturated rings. The van der Waals surface area contributed by atoms with Gasteiger partial charge in [0.05, 0.1) is 18.1 Å². The van der Waals surface area contributed by atoms with Crippen LogP contribution in [0.2, 0.25) is 0 Å². The summed E-state index contributed by atoms with van der Waals surface area (Å²) >= 11 is 3.28. The van der Waals surface area contributed by atoms with Crippen LogP contribution in [0.3, 0.4) is 0 Å². The minimum absolute atomic E-state index is 0.215. The van der Waals surface area contributed by atoms with Crippen molar-refractivity contribution in [2.75, 3.05) is 11.4 Å². The predicted octanol–water partition coefficient (Wildman–Crippen LogP) is 4.20. The van der Waals surface area contributed by atoms with E-state index < -0.39 is 5.97 Å². The maximum absolute atomic E-state index is 11.1. The molecule has 5 heteroatoms. The molecule has 2 aromatic rings. The largest absolute Gasteiger partial charge is 0.478 e. The van der Waals surface area contributed by atoms with E-state index in [1.54, 1.807) is 18.2 Å². The van der Waals surface area contributed by atoms with Gasteiger partial charge in [-0.25, -0.2) is 4.79 Å². The second-order valence-corrected chi connectivity index (χ2v) is 5.22. The number of nitrogens with zero attached hydrogens (tertiary/aromatic N) is 2. The van der Waals surface area contributed by atoms with E-state index in [0.717, 1.165) is 11.4 Å². The number of halogens is 1. The van der Waals surface area contributed by atoms with Crippen molar-refractivity contribution < 1.29 is 9.90 Å². The summed E-state index contributed by atoms with van der Waals surface area (Å²) in [6.45, 7) is 0.541. The molecule has 0 aliphatic heterocycles. The Bertz CT molecular complexity index is 680. The SMILES string of the molecule is N#CCCN(c1ccccc1)c1ccc(C(=O)O)c(Br)c1. The van der Waals surface area contributed by atoms with Crippen LogP contribution in [0.25, 0.3) is 0 Å². The van der Waals surface area contributed by atoms with Gasteiger partial charge in [-0.3, -0.25) is 0 Å². The number of benzene rings is 2. The molecule has 0 bridgehead atoms. The van der Waals surface area contributed by atoms with Crippen LogP contribution in [0.15, 0.2) is 53.0 Å². The Morgan fingerprint density at radius 3 is 2.48 bits per heavy atom. The first-order valence-corrected chi connectivity index (χ1v) is 7.15. The quantitative estimate of drug-likeness (QED) is 0.882. The number of rotatable bonds is 5. The van der Waals surface area contributed by atoms with Crippen molar-refractivity contribution in [1.82, 2.24) is 0 Å². The number of carboxylic acid groups (broad SMARTS) is 1. The fourth-order valence-corrected chi connectivity index (χ4v) is 2.56. The van der Waals surface area contributed by atoms with Gasteiger partial charge in [0, 0.05) is 22.4 Å². The molecule has 0 aliphatic rings. The zero-order valence-corrected chi connectivity index (χ0v) is 12.7. The number of carboxylic acids is 1. The van der Waals surface area contributed by atoms with Crippen molar-refractivity contribution in [1.29, 1.82) is 5.26 Å². The Labute approximate surface area is 131 Å². The first-order chi connectivity index (χ1) is 10.1. The van der Waals surface area contributed by atoms with Crippen LogP contribution >= 0.6 is 15.9 Å². The molecule has 0 atom stereocenters. The van der Waals surface area contributed by atoms with Crippen molar-refractivity contribution in [2.45, 2.75) is 6.42 Å². The summed E-state index contributed by atoms with van der Waals surface area (Å²) in [5.41, 5.74) is 2.02. The summed E-state index contributed by atoms with van der Waals surface area (Å²) in [5, 5.41) is 17.9. The molecule has 0 heterocycles. The topological polar surface area (TPSA) is 64.3 Å². The molecule has 4 nitrogen and oxygen atoms in total. The number of anilines is 2. The van der Waals surface area contributed by atoms with Crippen molar-refractivity contribution in [2.24, 2.45) is 0 Å². The zero-order chi connectivity index (χ0) is 15.2.